The van der Waals surface area contributed by atoms with Crippen LogP contribution in [0.5, 0.6) is 0 Å². The molecular weight excluding hydrogens is 266 g/mol. The number of hydrogen-bond acceptors (Lipinski definition) is 4. The molecule has 5 nitrogen and oxygen atoms in total. The Morgan fingerprint density at radius 3 is 2.67 bits per heavy atom. The number of fused-ring (bicyclic) bond motifs is 1. The van der Waals surface area contributed by atoms with Gasteiger partial charge in [-0.2, -0.15) is 0 Å². The largest absolute Gasteiger partial charge is 0.383 e. The van der Waals surface area contributed by atoms with Crippen molar-refractivity contribution >= 4 is 16.9 Å². The molecule has 0 unspecified atom stereocenters. The van der Waals surface area contributed by atoms with Crippen LogP contribution in [0.3, 0.4) is 0 Å². The van der Waals surface area contributed by atoms with Gasteiger partial charge in [-0.25, -0.2) is 4.98 Å². The lowest BCUT2D eigenvalue weighted by molar-refractivity contribution is 0.0666. The van der Waals surface area contributed by atoms with Crippen molar-refractivity contribution in [2.75, 3.05) is 26.8 Å². The van der Waals surface area contributed by atoms with Crippen LogP contribution in [0.2, 0.25) is 0 Å². The minimum atomic E-state index is -0.0981. The van der Waals surface area contributed by atoms with Crippen molar-refractivity contribution in [1.29, 1.82) is 0 Å². The second kappa shape index (κ2) is 7.13. The Hall–Kier alpha value is -2.01. The number of carbonyl (C=O) groups is 1. The van der Waals surface area contributed by atoms with Gasteiger partial charge in [0.15, 0.2) is 0 Å². The number of para-hydroxylation sites is 2. The Morgan fingerprint density at radius 2 is 2.00 bits per heavy atom. The van der Waals surface area contributed by atoms with Crippen LogP contribution in [0.15, 0.2) is 30.5 Å². The van der Waals surface area contributed by atoms with Gasteiger partial charge in [0.1, 0.15) is 5.69 Å². The lowest BCUT2D eigenvalue weighted by Gasteiger charge is -2.23. The summed E-state index contributed by atoms with van der Waals surface area (Å²) in [6, 6.07) is 7.54. The van der Waals surface area contributed by atoms with Crippen LogP contribution in [0.1, 0.15) is 24.3 Å². The molecule has 21 heavy (non-hydrogen) atoms. The maximum Gasteiger partial charge on any atom is 0.274 e. The van der Waals surface area contributed by atoms with Gasteiger partial charge in [-0.05, 0) is 18.1 Å². The molecule has 0 fully saturated rings. The Morgan fingerprint density at radius 1 is 1.29 bits per heavy atom. The van der Waals surface area contributed by atoms with Gasteiger partial charge in [-0.15, -0.1) is 0 Å². The van der Waals surface area contributed by atoms with E-state index < -0.39 is 0 Å². The Bertz CT molecular complexity index is 613. The zero-order chi connectivity index (χ0) is 15.2. The van der Waals surface area contributed by atoms with Gasteiger partial charge in [-0.1, -0.05) is 26.0 Å². The molecule has 0 aliphatic rings. The monoisotopic (exact) mass is 287 g/mol. The summed E-state index contributed by atoms with van der Waals surface area (Å²) in [6.07, 6.45) is 1.55. The number of nitrogens with zero attached hydrogens (tertiary/aromatic N) is 3. The normalized spacial score (nSPS) is 11.0. The summed E-state index contributed by atoms with van der Waals surface area (Å²) in [7, 11) is 1.63. The van der Waals surface area contributed by atoms with E-state index in [2.05, 4.69) is 23.8 Å². The predicted molar refractivity (Wildman–Crippen MR) is 82.2 cm³/mol. The highest BCUT2D eigenvalue weighted by atomic mass is 16.5. The fraction of sp³-hybridized carbons (Fsp3) is 0.438. The van der Waals surface area contributed by atoms with Crippen molar-refractivity contribution < 1.29 is 9.53 Å². The third kappa shape index (κ3) is 3.98. The molecule has 112 valence electrons. The van der Waals surface area contributed by atoms with Crippen LogP contribution in [-0.2, 0) is 4.74 Å². The molecule has 0 radical (unpaired) electrons. The molecule has 0 bridgehead atoms. The van der Waals surface area contributed by atoms with Crippen LogP contribution in [0.4, 0.5) is 0 Å². The van der Waals surface area contributed by atoms with Crippen LogP contribution in [-0.4, -0.2) is 47.6 Å². The zero-order valence-electron chi connectivity index (χ0n) is 12.7. The molecule has 0 saturated carbocycles. The van der Waals surface area contributed by atoms with Gasteiger partial charge >= 0.3 is 0 Å². The summed E-state index contributed by atoms with van der Waals surface area (Å²) in [5.74, 6) is 0.290. The highest BCUT2D eigenvalue weighted by molar-refractivity contribution is 5.93. The minimum absolute atomic E-state index is 0.0981. The fourth-order valence-electron chi connectivity index (χ4n) is 2.14. The van der Waals surface area contributed by atoms with Crippen LogP contribution in [0.25, 0.3) is 11.0 Å². The number of ether oxygens (including phenoxy) is 1. The van der Waals surface area contributed by atoms with E-state index in [9.17, 15) is 4.79 Å². The van der Waals surface area contributed by atoms with Gasteiger partial charge in [0.2, 0.25) is 0 Å². The van der Waals surface area contributed by atoms with Crippen molar-refractivity contribution in [3.05, 3.63) is 36.2 Å². The molecular formula is C16H21N3O2. The topological polar surface area (TPSA) is 55.3 Å². The molecule has 0 N–H and O–H groups in total. The van der Waals surface area contributed by atoms with Crippen molar-refractivity contribution in [2.24, 2.45) is 5.92 Å². The molecule has 5 heteroatoms. The molecule has 1 amide bonds. The highest BCUT2D eigenvalue weighted by Gasteiger charge is 2.18. The van der Waals surface area contributed by atoms with E-state index in [4.69, 9.17) is 4.74 Å². The molecule has 1 heterocycles. The molecule has 1 aromatic carbocycles. The average molecular weight is 287 g/mol. The molecule has 0 spiro atoms. The van der Waals surface area contributed by atoms with E-state index in [1.54, 1.807) is 18.2 Å². The molecule has 2 rings (SSSR count). The molecule has 2 aromatic rings. The van der Waals surface area contributed by atoms with E-state index in [1.165, 1.54) is 0 Å². The van der Waals surface area contributed by atoms with Gasteiger partial charge in [0.25, 0.3) is 5.91 Å². The number of methoxy groups -OCH3 is 1. The first kappa shape index (κ1) is 15.4. The Kier molecular flexibility index (Phi) is 5.22. The number of aromatic nitrogens is 2. The number of carbonyl (C=O) groups excluding carboxylic acids is 1. The van der Waals surface area contributed by atoms with Gasteiger partial charge in [0.05, 0.1) is 23.8 Å². The maximum atomic E-state index is 12.6. The quantitative estimate of drug-likeness (QED) is 0.818. The standard InChI is InChI=1S/C16H21N3O2/c1-12(2)11-19(8-9-21-3)16(20)15-10-17-13-6-4-5-7-14(13)18-15/h4-7,10,12H,8-9,11H2,1-3H3. The predicted octanol–water partition coefficient (Wildman–Crippen LogP) is 2.37. The van der Waals surface area contributed by atoms with E-state index in [0.717, 1.165) is 11.0 Å². The second-order valence-corrected chi connectivity index (χ2v) is 5.38. The van der Waals surface area contributed by atoms with Gasteiger partial charge in [0, 0.05) is 20.2 Å². The third-order valence-electron chi connectivity index (χ3n) is 3.11. The fourth-order valence-corrected chi connectivity index (χ4v) is 2.14. The summed E-state index contributed by atoms with van der Waals surface area (Å²) >= 11 is 0. The minimum Gasteiger partial charge on any atom is -0.383 e. The Labute approximate surface area is 125 Å². The average Bonchev–Trinajstić information content (AvgIpc) is 2.50. The second-order valence-electron chi connectivity index (χ2n) is 5.38. The van der Waals surface area contributed by atoms with Crippen molar-refractivity contribution in [3.63, 3.8) is 0 Å². The van der Waals surface area contributed by atoms with E-state index in [0.29, 0.717) is 31.3 Å². The van der Waals surface area contributed by atoms with E-state index in [1.807, 2.05) is 24.3 Å². The molecule has 0 aliphatic carbocycles. The lowest BCUT2D eigenvalue weighted by Crippen LogP contribution is -2.37. The summed E-state index contributed by atoms with van der Waals surface area (Å²) in [5.41, 5.74) is 1.91. The van der Waals surface area contributed by atoms with Crippen LogP contribution >= 0.6 is 0 Å². The first-order valence-corrected chi connectivity index (χ1v) is 7.12. The first-order valence-electron chi connectivity index (χ1n) is 7.12. The van der Waals surface area contributed by atoms with Gasteiger partial charge < -0.3 is 9.64 Å². The van der Waals surface area contributed by atoms with Crippen LogP contribution < -0.4 is 0 Å². The summed E-state index contributed by atoms with van der Waals surface area (Å²) in [6.45, 7) is 5.91. The maximum absolute atomic E-state index is 12.6. The third-order valence-corrected chi connectivity index (χ3v) is 3.11. The number of rotatable bonds is 6. The molecule has 0 aliphatic heterocycles. The first-order chi connectivity index (χ1) is 10.1. The number of amides is 1. The summed E-state index contributed by atoms with van der Waals surface area (Å²) < 4.78 is 5.08. The Balaban J connectivity index is 2.24. The lowest BCUT2D eigenvalue weighted by atomic mass is 10.2. The molecule has 1 aromatic heterocycles. The highest BCUT2D eigenvalue weighted by Crippen LogP contribution is 2.11. The molecule has 0 atom stereocenters. The number of hydrogen-bond donors (Lipinski definition) is 0. The van der Waals surface area contributed by atoms with Crippen LogP contribution in [0, 0.1) is 5.92 Å². The number of benzene rings is 1. The van der Waals surface area contributed by atoms with Crippen molar-refractivity contribution in [3.8, 4) is 0 Å². The van der Waals surface area contributed by atoms with E-state index in [-0.39, 0.29) is 5.91 Å². The van der Waals surface area contributed by atoms with E-state index >= 15 is 0 Å². The molecule has 0 saturated heterocycles. The van der Waals surface area contributed by atoms with Gasteiger partial charge in [-0.3, -0.25) is 9.78 Å². The summed E-state index contributed by atoms with van der Waals surface area (Å²) in [5, 5.41) is 0. The SMILES string of the molecule is COCCN(CC(C)C)C(=O)c1cnc2ccccc2n1. The zero-order valence-corrected chi connectivity index (χ0v) is 12.7. The summed E-state index contributed by atoms with van der Waals surface area (Å²) in [4.78, 5) is 23.1. The van der Waals surface area contributed by atoms with Crippen molar-refractivity contribution in [1.82, 2.24) is 14.9 Å². The smallest absolute Gasteiger partial charge is 0.274 e. The van der Waals surface area contributed by atoms with Crippen molar-refractivity contribution in [2.45, 2.75) is 13.8 Å².